The number of nitrogens with one attached hydrogen (secondary N) is 2. The van der Waals surface area contributed by atoms with Crippen molar-refractivity contribution in [2.24, 2.45) is 5.73 Å². The van der Waals surface area contributed by atoms with Gasteiger partial charge in [0, 0.05) is 23.6 Å². The Bertz CT molecular complexity index is 653. The maximum atomic E-state index is 12.2. The summed E-state index contributed by atoms with van der Waals surface area (Å²) in [6.45, 7) is 2.74. The van der Waals surface area contributed by atoms with Crippen molar-refractivity contribution >= 4 is 16.8 Å². The molecular formula is C17H23N3O. The summed E-state index contributed by atoms with van der Waals surface area (Å²) in [5.74, 6) is 0.0102. The molecule has 0 radical (unpaired) electrons. The number of H-pyrrole nitrogens is 1. The molecule has 4 N–H and O–H groups in total. The fourth-order valence-corrected chi connectivity index (χ4v) is 3.29. The molecule has 112 valence electrons. The van der Waals surface area contributed by atoms with Crippen molar-refractivity contribution in [1.82, 2.24) is 10.3 Å². The lowest BCUT2D eigenvalue weighted by molar-refractivity contribution is -0.126. The molecule has 0 saturated heterocycles. The number of aromatic amines is 1. The number of hydrogen-bond acceptors (Lipinski definition) is 2. The van der Waals surface area contributed by atoms with E-state index in [4.69, 9.17) is 5.73 Å². The molecule has 1 aromatic heterocycles. The minimum absolute atomic E-state index is 0.0102. The third-order valence-electron chi connectivity index (χ3n) is 4.64. The second kappa shape index (κ2) is 5.53. The van der Waals surface area contributed by atoms with Crippen LogP contribution in [-0.4, -0.2) is 23.0 Å². The van der Waals surface area contributed by atoms with Gasteiger partial charge in [0.05, 0.1) is 5.54 Å². The maximum Gasteiger partial charge on any atom is 0.240 e. The van der Waals surface area contributed by atoms with E-state index < -0.39 is 5.54 Å². The van der Waals surface area contributed by atoms with Crippen LogP contribution in [0.1, 0.15) is 36.8 Å². The van der Waals surface area contributed by atoms with Gasteiger partial charge < -0.3 is 16.0 Å². The van der Waals surface area contributed by atoms with Crippen LogP contribution in [0.4, 0.5) is 0 Å². The first kappa shape index (κ1) is 14.1. The number of amides is 1. The molecule has 4 heteroatoms. The molecule has 0 atom stereocenters. The molecule has 1 heterocycles. The first-order chi connectivity index (χ1) is 10.1. The number of carbonyl (C=O) groups excluding carboxylic acids is 1. The lowest BCUT2D eigenvalue weighted by Gasteiger charge is -2.22. The molecular weight excluding hydrogens is 262 g/mol. The highest BCUT2D eigenvalue weighted by Crippen LogP contribution is 2.27. The zero-order valence-electron chi connectivity index (χ0n) is 12.5. The topological polar surface area (TPSA) is 70.9 Å². The summed E-state index contributed by atoms with van der Waals surface area (Å²) >= 11 is 0. The van der Waals surface area contributed by atoms with E-state index >= 15 is 0 Å². The van der Waals surface area contributed by atoms with Crippen molar-refractivity contribution in [2.45, 2.75) is 44.6 Å². The van der Waals surface area contributed by atoms with E-state index in [1.165, 1.54) is 22.0 Å². The summed E-state index contributed by atoms with van der Waals surface area (Å²) in [6.07, 6.45) is 6.61. The van der Waals surface area contributed by atoms with Crippen molar-refractivity contribution in [3.63, 3.8) is 0 Å². The van der Waals surface area contributed by atoms with Gasteiger partial charge in [-0.2, -0.15) is 0 Å². The molecule has 3 rings (SSSR count). The van der Waals surface area contributed by atoms with Gasteiger partial charge in [-0.05, 0) is 37.3 Å². The molecule has 1 aromatic carbocycles. The van der Waals surface area contributed by atoms with E-state index in [0.717, 1.165) is 32.1 Å². The highest BCUT2D eigenvalue weighted by molar-refractivity contribution is 5.87. The lowest BCUT2D eigenvalue weighted by Crippen LogP contribution is -2.52. The molecule has 0 spiro atoms. The minimum atomic E-state index is -0.628. The Hall–Kier alpha value is -1.81. The fourth-order valence-electron chi connectivity index (χ4n) is 3.29. The van der Waals surface area contributed by atoms with Gasteiger partial charge in [-0.1, -0.05) is 31.0 Å². The third kappa shape index (κ3) is 2.68. The summed E-state index contributed by atoms with van der Waals surface area (Å²) in [4.78, 5) is 15.5. The zero-order chi connectivity index (χ0) is 14.9. The van der Waals surface area contributed by atoms with Crippen molar-refractivity contribution in [1.29, 1.82) is 0 Å². The van der Waals surface area contributed by atoms with Gasteiger partial charge in [0.2, 0.25) is 5.91 Å². The van der Waals surface area contributed by atoms with Gasteiger partial charge in [0.15, 0.2) is 0 Å². The average molecular weight is 285 g/mol. The molecule has 0 unspecified atom stereocenters. The fraction of sp³-hybridized carbons (Fsp3) is 0.471. The average Bonchev–Trinajstić information content (AvgIpc) is 3.08. The molecule has 1 fully saturated rings. The lowest BCUT2D eigenvalue weighted by atomic mass is 9.98. The Labute approximate surface area is 125 Å². The minimum Gasteiger partial charge on any atom is -0.361 e. The van der Waals surface area contributed by atoms with Crippen molar-refractivity contribution < 1.29 is 4.79 Å². The Kier molecular flexibility index (Phi) is 3.72. The predicted molar refractivity (Wildman–Crippen MR) is 85.1 cm³/mol. The number of benzene rings is 1. The van der Waals surface area contributed by atoms with Crippen LogP contribution in [-0.2, 0) is 11.2 Å². The number of para-hydroxylation sites is 1. The Balaban J connectivity index is 1.62. The third-order valence-corrected chi connectivity index (χ3v) is 4.64. The van der Waals surface area contributed by atoms with Gasteiger partial charge in [-0.15, -0.1) is 0 Å². The van der Waals surface area contributed by atoms with Crippen molar-refractivity contribution in [2.75, 3.05) is 6.54 Å². The molecule has 1 amide bonds. The highest BCUT2D eigenvalue weighted by Gasteiger charge is 2.36. The van der Waals surface area contributed by atoms with E-state index in [-0.39, 0.29) is 5.91 Å². The molecule has 0 aliphatic heterocycles. The zero-order valence-corrected chi connectivity index (χ0v) is 12.5. The smallest absolute Gasteiger partial charge is 0.240 e. The van der Waals surface area contributed by atoms with Crippen LogP contribution in [0.15, 0.2) is 24.4 Å². The number of aryl methyl sites for hydroxylation is 1. The molecule has 1 aliphatic rings. The monoisotopic (exact) mass is 285 g/mol. The predicted octanol–water partition coefficient (Wildman–Crippen LogP) is 2.41. The largest absolute Gasteiger partial charge is 0.361 e. The molecule has 21 heavy (non-hydrogen) atoms. The molecule has 0 bridgehead atoms. The van der Waals surface area contributed by atoms with E-state index in [1.807, 2.05) is 6.20 Å². The van der Waals surface area contributed by atoms with Gasteiger partial charge >= 0.3 is 0 Å². The molecule has 4 nitrogen and oxygen atoms in total. The second-order valence-corrected chi connectivity index (χ2v) is 6.18. The van der Waals surface area contributed by atoms with Gasteiger partial charge in [0.25, 0.3) is 0 Å². The summed E-state index contributed by atoms with van der Waals surface area (Å²) < 4.78 is 0. The summed E-state index contributed by atoms with van der Waals surface area (Å²) in [6, 6.07) is 6.29. The van der Waals surface area contributed by atoms with Crippen LogP contribution >= 0.6 is 0 Å². The summed E-state index contributed by atoms with van der Waals surface area (Å²) in [5.41, 5.74) is 9.20. The molecule has 1 saturated carbocycles. The number of fused-ring (bicyclic) bond motifs is 1. The number of aromatic nitrogens is 1. The number of nitrogens with two attached hydrogens (primary N) is 1. The first-order valence-electron chi connectivity index (χ1n) is 7.73. The standard InChI is InChI=1S/C17H23N3O/c1-12-5-4-6-14-13(11-20-15(12)14)7-10-19-16(21)17(18)8-2-3-9-17/h4-6,11,20H,2-3,7-10,18H2,1H3,(H,19,21). The van der Waals surface area contributed by atoms with E-state index in [0.29, 0.717) is 6.54 Å². The number of carbonyl (C=O) groups is 1. The van der Waals surface area contributed by atoms with Crippen LogP contribution in [0.3, 0.4) is 0 Å². The first-order valence-corrected chi connectivity index (χ1v) is 7.73. The van der Waals surface area contributed by atoms with Gasteiger partial charge in [-0.25, -0.2) is 0 Å². The van der Waals surface area contributed by atoms with Crippen LogP contribution in [0.2, 0.25) is 0 Å². The van der Waals surface area contributed by atoms with Gasteiger partial charge in [-0.3, -0.25) is 4.79 Å². The van der Waals surface area contributed by atoms with Crippen LogP contribution < -0.4 is 11.1 Å². The summed E-state index contributed by atoms with van der Waals surface area (Å²) in [5, 5.41) is 4.25. The normalized spacial score (nSPS) is 17.2. The maximum absolute atomic E-state index is 12.2. The summed E-state index contributed by atoms with van der Waals surface area (Å²) in [7, 11) is 0. The molecule has 1 aliphatic carbocycles. The van der Waals surface area contributed by atoms with Crippen LogP contribution in [0, 0.1) is 6.92 Å². The Morgan fingerprint density at radius 2 is 2.14 bits per heavy atom. The van der Waals surface area contributed by atoms with Crippen LogP contribution in [0.5, 0.6) is 0 Å². The quantitative estimate of drug-likeness (QED) is 0.807. The van der Waals surface area contributed by atoms with E-state index in [9.17, 15) is 4.79 Å². The van der Waals surface area contributed by atoms with Crippen molar-refractivity contribution in [3.8, 4) is 0 Å². The molecule has 2 aromatic rings. The van der Waals surface area contributed by atoms with E-state index in [1.54, 1.807) is 0 Å². The Morgan fingerprint density at radius 3 is 2.90 bits per heavy atom. The van der Waals surface area contributed by atoms with Crippen LogP contribution in [0.25, 0.3) is 10.9 Å². The number of rotatable bonds is 4. The van der Waals surface area contributed by atoms with Crippen molar-refractivity contribution in [3.05, 3.63) is 35.5 Å². The van der Waals surface area contributed by atoms with E-state index in [2.05, 4.69) is 35.4 Å². The SMILES string of the molecule is Cc1cccc2c(CCNC(=O)C3(N)CCCC3)c[nH]c12. The second-order valence-electron chi connectivity index (χ2n) is 6.18. The Morgan fingerprint density at radius 1 is 1.38 bits per heavy atom. The number of hydrogen-bond donors (Lipinski definition) is 3. The van der Waals surface area contributed by atoms with Gasteiger partial charge in [0.1, 0.15) is 0 Å². The highest BCUT2D eigenvalue weighted by atomic mass is 16.2.